The van der Waals surface area contributed by atoms with Gasteiger partial charge in [0.15, 0.2) is 0 Å². The van der Waals surface area contributed by atoms with E-state index >= 15 is 0 Å². The third-order valence-electron chi connectivity index (χ3n) is 3.19. The molecule has 7 heteroatoms. The zero-order chi connectivity index (χ0) is 16.9. The van der Waals surface area contributed by atoms with E-state index in [0.717, 1.165) is 5.01 Å². The molecule has 1 aromatic heterocycles. The monoisotopic (exact) mass is 338 g/mol. The molecular weight excluding hydrogens is 324 g/mol. The first kappa shape index (κ1) is 15.8. The van der Waals surface area contributed by atoms with E-state index in [1.807, 2.05) is 13.0 Å². The summed E-state index contributed by atoms with van der Waals surface area (Å²) in [4.78, 5) is 24.2. The van der Waals surface area contributed by atoms with Crippen LogP contribution in [0.5, 0.6) is 0 Å². The minimum Gasteiger partial charge on any atom is -0.322 e. The second kappa shape index (κ2) is 7.01. The van der Waals surface area contributed by atoms with Gasteiger partial charge in [0.05, 0.1) is 0 Å². The van der Waals surface area contributed by atoms with E-state index in [4.69, 9.17) is 0 Å². The number of nitrogens with one attached hydrogen (secondary N) is 2. The first-order valence-electron chi connectivity index (χ1n) is 7.20. The van der Waals surface area contributed by atoms with Gasteiger partial charge in [-0.25, -0.2) is 0 Å². The predicted octanol–water partition coefficient (Wildman–Crippen LogP) is 3.35. The highest BCUT2D eigenvalue weighted by Gasteiger charge is 2.10. The first-order valence-corrected chi connectivity index (χ1v) is 8.01. The Bertz CT molecular complexity index is 860. The summed E-state index contributed by atoms with van der Waals surface area (Å²) in [6.45, 7) is 1.82. The molecular formula is C17H14N4O2S. The van der Waals surface area contributed by atoms with Crippen molar-refractivity contribution in [1.29, 1.82) is 0 Å². The van der Waals surface area contributed by atoms with Gasteiger partial charge in [-0.1, -0.05) is 29.5 Å². The molecule has 0 saturated heterocycles. The van der Waals surface area contributed by atoms with Gasteiger partial charge < -0.3 is 5.32 Å². The molecule has 0 atom stereocenters. The fourth-order valence-corrected chi connectivity index (χ4v) is 2.60. The van der Waals surface area contributed by atoms with Crippen LogP contribution < -0.4 is 10.6 Å². The number of anilines is 2. The zero-order valence-electron chi connectivity index (χ0n) is 12.8. The Labute approximate surface area is 142 Å². The van der Waals surface area contributed by atoms with Gasteiger partial charge in [0, 0.05) is 16.8 Å². The number of rotatable bonds is 4. The summed E-state index contributed by atoms with van der Waals surface area (Å²) < 4.78 is 0. The summed E-state index contributed by atoms with van der Waals surface area (Å²) in [6.07, 6.45) is 0. The van der Waals surface area contributed by atoms with Gasteiger partial charge in [0.2, 0.25) is 5.13 Å². The Morgan fingerprint density at radius 2 is 1.46 bits per heavy atom. The van der Waals surface area contributed by atoms with Crippen LogP contribution in [-0.2, 0) is 0 Å². The number of carbonyl (C=O) groups excluding carboxylic acids is 2. The quantitative estimate of drug-likeness (QED) is 0.764. The molecule has 0 unspecified atom stereocenters. The van der Waals surface area contributed by atoms with Gasteiger partial charge >= 0.3 is 0 Å². The van der Waals surface area contributed by atoms with Crippen LogP contribution in [0.1, 0.15) is 25.7 Å². The van der Waals surface area contributed by atoms with Crippen molar-refractivity contribution in [2.75, 3.05) is 10.6 Å². The van der Waals surface area contributed by atoms with Crippen molar-refractivity contribution >= 4 is 34.0 Å². The average molecular weight is 338 g/mol. The molecule has 0 fully saturated rings. The summed E-state index contributed by atoms with van der Waals surface area (Å²) >= 11 is 1.31. The maximum atomic E-state index is 12.1. The van der Waals surface area contributed by atoms with Crippen LogP contribution in [0.3, 0.4) is 0 Å². The number of hydrogen-bond acceptors (Lipinski definition) is 5. The third kappa shape index (κ3) is 3.82. The predicted molar refractivity (Wildman–Crippen MR) is 93.4 cm³/mol. The normalized spacial score (nSPS) is 10.2. The Hall–Kier alpha value is -3.06. The van der Waals surface area contributed by atoms with E-state index in [0.29, 0.717) is 21.9 Å². The second-order valence-electron chi connectivity index (χ2n) is 4.98. The fourth-order valence-electron chi connectivity index (χ4n) is 2.01. The van der Waals surface area contributed by atoms with Crippen molar-refractivity contribution in [2.45, 2.75) is 6.92 Å². The van der Waals surface area contributed by atoms with Gasteiger partial charge in [0.25, 0.3) is 11.8 Å². The van der Waals surface area contributed by atoms with E-state index in [9.17, 15) is 9.59 Å². The van der Waals surface area contributed by atoms with E-state index in [2.05, 4.69) is 20.8 Å². The lowest BCUT2D eigenvalue weighted by Gasteiger charge is -2.06. The molecule has 0 spiro atoms. The number of amides is 2. The lowest BCUT2D eigenvalue weighted by molar-refractivity contribution is 0.102. The number of nitrogens with zero attached hydrogens (tertiary/aromatic N) is 2. The van der Waals surface area contributed by atoms with Crippen LogP contribution in [0.4, 0.5) is 10.8 Å². The van der Waals surface area contributed by atoms with Gasteiger partial charge in [-0.15, -0.1) is 10.2 Å². The van der Waals surface area contributed by atoms with Crippen LogP contribution in [0.2, 0.25) is 0 Å². The van der Waals surface area contributed by atoms with Crippen LogP contribution >= 0.6 is 11.3 Å². The van der Waals surface area contributed by atoms with E-state index in [-0.39, 0.29) is 11.8 Å². The van der Waals surface area contributed by atoms with Gasteiger partial charge in [0.1, 0.15) is 5.01 Å². The molecule has 0 bridgehead atoms. The zero-order valence-corrected chi connectivity index (χ0v) is 13.6. The first-order chi connectivity index (χ1) is 11.6. The average Bonchev–Trinajstić information content (AvgIpc) is 3.01. The molecule has 1 heterocycles. The molecule has 0 radical (unpaired) electrons. The molecule has 2 aromatic carbocycles. The summed E-state index contributed by atoms with van der Waals surface area (Å²) in [6, 6.07) is 15.6. The van der Waals surface area contributed by atoms with Crippen LogP contribution in [-0.4, -0.2) is 22.0 Å². The third-order valence-corrected chi connectivity index (χ3v) is 3.94. The molecule has 3 aromatic rings. The summed E-state index contributed by atoms with van der Waals surface area (Å²) in [7, 11) is 0. The molecule has 0 saturated carbocycles. The fraction of sp³-hybridized carbons (Fsp3) is 0.0588. The molecule has 0 aliphatic heterocycles. The lowest BCUT2D eigenvalue weighted by Crippen LogP contribution is -2.13. The SMILES string of the molecule is Cc1nnc(NC(=O)c2ccc(NC(=O)c3ccccc3)cc2)s1. The lowest BCUT2D eigenvalue weighted by atomic mass is 10.1. The van der Waals surface area contributed by atoms with Crippen molar-refractivity contribution in [1.82, 2.24) is 10.2 Å². The van der Waals surface area contributed by atoms with Crippen LogP contribution in [0.15, 0.2) is 54.6 Å². The highest BCUT2D eigenvalue weighted by atomic mass is 32.1. The second-order valence-corrected chi connectivity index (χ2v) is 6.16. The van der Waals surface area contributed by atoms with Gasteiger partial charge in [-0.2, -0.15) is 0 Å². The molecule has 24 heavy (non-hydrogen) atoms. The number of carbonyl (C=O) groups is 2. The summed E-state index contributed by atoms with van der Waals surface area (Å²) in [5.74, 6) is -0.468. The molecule has 2 amide bonds. The van der Waals surface area contributed by atoms with Gasteiger partial charge in [-0.3, -0.25) is 14.9 Å². The largest absolute Gasteiger partial charge is 0.322 e. The van der Waals surface area contributed by atoms with Crippen molar-refractivity contribution in [3.8, 4) is 0 Å². The standard InChI is InChI=1S/C17H14N4O2S/c1-11-20-21-17(24-11)19-16(23)13-7-9-14(10-8-13)18-15(22)12-5-3-2-4-6-12/h2-10H,1H3,(H,18,22)(H,19,21,23). The molecule has 6 nitrogen and oxygen atoms in total. The smallest absolute Gasteiger partial charge is 0.257 e. The van der Waals surface area contributed by atoms with Gasteiger partial charge in [-0.05, 0) is 43.3 Å². The summed E-state index contributed by atoms with van der Waals surface area (Å²) in [5, 5.41) is 14.4. The number of hydrogen-bond donors (Lipinski definition) is 2. The minimum atomic E-state index is -0.271. The Morgan fingerprint density at radius 3 is 2.08 bits per heavy atom. The highest BCUT2D eigenvalue weighted by Crippen LogP contribution is 2.16. The molecule has 0 aliphatic carbocycles. The minimum absolute atomic E-state index is 0.197. The van der Waals surface area contributed by atoms with E-state index in [1.54, 1.807) is 48.5 Å². The molecule has 3 rings (SSSR count). The molecule has 0 aliphatic rings. The maximum Gasteiger partial charge on any atom is 0.257 e. The number of benzene rings is 2. The van der Waals surface area contributed by atoms with E-state index in [1.165, 1.54) is 11.3 Å². The van der Waals surface area contributed by atoms with Crippen LogP contribution in [0.25, 0.3) is 0 Å². The Morgan fingerprint density at radius 1 is 0.833 bits per heavy atom. The topological polar surface area (TPSA) is 84.0 Å². The maximum absolute atomic E-state index is 12.1. The Balaban J connectivity index is 1.64. The molecule has 2 N–H and O–H groups in total. The molecule has 120 valence electrons. The number of aryl methyl sites for hydroxylation is 1. The van der Waals surface area contributed by atoms with Crippen molar-refractivity contribution in [3.63, 3.8) is 0 Å². The van der Waals surface area contributed by atoms with Crippen LogP contribution in [0, 0.1) is 6.92 Å². The van der Waals surface area contributed by atoms with Crippen molar-refractivity contribution < 1.29 is 9.59 Å². The van der Waals surface area contributed by atoms with Crippen molar-refractivity contribution in [2.24, 2.45) is 0 Å². The number of aromatic nitrogens is 2. The van der Waals surface area contributed by atoms with E-state index < -0.39 is 0 Å². The van der Waals surface area contributed by atoms with Crippen molar-refractivity contribution in [3.05, 3.63) is 70.7 Å². The Kier molecular flexibility index (Phi) is 4.62. The highest BCUT2D eigenvalue weighted by molar-refractivity contribution is 7.15. The summed E-state index contributed by atoms with van der Waals surface area (Å²) in [5.41, 5.74) is 1.67.